The summed E-state index contributed by atoms with van der Waals surface area (Å²) in [5, 5.41) is 6.54. The topological polar surface area (TPSA) is 34.1 Å². The third-order valence-electron chi connectivity index (χ3n) is 2.07. The second-order valence-electron chi connectivity index (χ2n) is 4.02. The van der Waals surface area contributed by atoms with Gasteiger partial charge in [0.15, 0.2) is 0 Å². The summed E-state index contributed by atoms with van der Waals surface area (Å²) in [6, 6.07) is 0. The lowest BCUT2D eigenvalue weighted by atomic mass is 10.1. The molecule has 0 aliphatic carbocycles. The molecule has 0 radical (unpaired) electrons. The molecule has 1 N–H and O–H groups in total. The number of aromatic nitrogens is 1. The van der Waals surface area contributed by atoms with Gasteiger partial charge in [0.2, 0.25) is 0 Å². The summed E-state index contributed by atoms with van der Waals surface area (Å²) in [4.78, 5) is 4.45. The van der Waals surface area contributed by atoms with Gasteiger partial charge in [-0.1, -0.05) is 13.8 Å². The molecule has 0 fully saturated rings. The van der Waals surface area contributed by atoms with Gasteiger partial charge in [-0.3, -0.25) is 0 Å². The van der Waals surface area contributed by atoms with Gasteiger partial charge in [-0.25, -0.2) is 4.98 Å². The van der Waals surface area contributed by atoms with Crippen molar-refractivity contribution in [2.45, 2.75) is 33.4 Å². The Balaban J connectivity index is 2.19. The lowest BCUT2D eigenvalue weighted by Crippen LogP contribution is -2.16. The SMILES string of the molecule is COCc1nc(CNCCC(C)C)cs1. The van der Waals surface area contributed by atoms with Crippen LogP contribution in [-0.4, -0.2) is 18.6 Å². The van der Waals surface area contributed by atoms with Crippen molar-refractivity contribution >= 4 is 11.3 Å². The highest BCUT2D eigenvalue weighted by atomic mass is 32.1. The predicted octanol–water partition coefficient (Wildman–Crippen LogP) is 2.43. The van der Waals surface area contributed by atoms with Gasteiger partial charge in [0.25, 0.3) is 0 Å². The molecule has 0 aliphatic heterocycles. The van der Waals surface area contributed by atoms with Crippen LogP contribution in [0.15, 0.2) is 5.38 Å². The fraction of sp³-hybridized carbons (Fsp3) is 0.727. The number of methoxy groups -OCH3 is 1. The minimum atomic E-state index is 0.622. The molecular formula is C11H20N2OS. The lowest BCUT2D eigenvalue weighted by Gasteiger charge is -2.04. The molecule has 1 aromatic rings. The van der Waals surface area contributed by atoms with Crippen molar-refractivity contribution in [1.29, 1.82) is 0 Å². The van der Waals surface area contributed by atoms with Gasteiger partial charge < -0.3 is 10.1 Å². The third-order valence-corrected chi connectivity index (χ3v) is 2.94. The van der Waals surface area contributed by atoms with Gasteiger partial charge in [0, 0.05) is 19.0 Å². The van der Waals surface area contributed by atoms with Crippen molar-refractivity contribution in [3.05, 3.63) is 16.1 Å². The zero-order chi connectivity index (χ0) is 11.1. The Bertz CT molecular complexity index is 273. The highest BCUT2D eigenvalue weighted by molar-refractivity contribution is 7.09. The van der Waals surface area contributed by atoms with Gasteiger partial charge in [-0.2, -0.15) is 0 Å². The van der Waals surface area contributed by atoms with E-state index in [1.807, 2.05) is 0 Å². The molecule has 0 bridgehead atoms. The maximum atomic E-state index is 5.03. The first-order valence-electron chi connectivity index (χ1n) is 5.35. The predicted molar refractivity (Wildman–Crippen MR) is 64.0 cm³/mol. The molecule has 1 heterocycles. The maximum absolute atomic E-state index is 5.03. The first kappa shape index (κ1) is 12.6. The molecule has 86 valence electrons. The highest BCUT2D eigenvalue weighted by Gasteiger charge is 2.01. The van der Waals surface area contributed by atoms with Crippen molar-refractivity contribution in [1.82, 2.24) is 10.3 Å². The monoisotopic (exact) mass is 228 g/mol. The summed E-state index contributed by atoms with van der Waals surface area (Å²) < 4.78 is 5.03. The quantitative estimate of drug-likeness (QED) is 0.728. The molecule has 0 unspecified atom stereocenters. The zero-order valence-electron chi connectivity index (χ0n) is 9.75. The zero-order valence-corrected chi connectivity index (χ0v) is 10.6. The number of nitrogens with one attached hydrogen (secondary N) is 1. The van der Waals surface area contributed by atoms with Crippen molar-refractivity contribution in [3.8, 4) is 0 Å². The second kappa shape index (κ2) is 6.93. The van der Waals surface area contributed by atoms with Crippen LogP contribution >= 0.6 is 11.3 Å². The van der Waals surface area contributed by atoms with E-state index in [9.17, 15) is 0 Å². The van der Waals surface area contributed by atoms with E-state index in [1.165, 1.54) is 6.42 Å². The molecule has 0 amide bonds. The first-order chi connectivity index (χ1) is 7.22. The van der Waals surface area contributed by atoms with Gasteiger partial charge in [0.1, 0.15) is 5.01 Å². The van der Waals surface area contributed by atoms with Crippen LogP contribution in [0.25, 0.3) is 0 Å². The van der Waals surface area contributed by atoms with Crippen LogP contribution in [0, 0.1) is 5.92 Å². The van der Waals surface area contributed by atoms with E-state index < -0.39 is 0 Å². The minimum Gasteiger partial charge on any atom is -0.378 e. The molecule has 4 heteroatoms. The number of ether oxygens (including phenoxy) is 1. The van der Waals surface area contributed by atoms with E-state index in [2.05, 4.69) is 29.5 Å². The van der Waals surface area contributed by atoms with Crippen molar-refractivity contribution in [2.75, 3.05) is 13.7 Å². The van der Waals surface area contributed by atoms with Crippen molar-refractivity contribution in [2.24, 2.45) is 5.92 Å². The van der Waals surface area contributed by atoms with Gasteiger partial charge in [-0.15, -0.1) is 11.3 Å². The number of thiazole rings is 1. The molecule has 15 heavy (non-hydrogen) atoms. The van der Waals surface area contributed by atoms with E-state index in [-0.39, 0.29) is 0 Å². The summed E-state index contributed by atoms with van der Waals surface area (Å²) in [6.45, 7) is 7.03. The lowest BCUT2D eigenvalue weighted by molar-refractivity contribution is 0.184. The van der Waals surface area contributed by atoms with Crippen LogP contribution in [0.1, 0.15) is 31.0 Å². The molecule has 0 saturated heterocycles. The Labute approximate surface area is 95.9 Å². The van der Waals surface area contributed by atoms with Crippen LogP contribution in [0.2, 0.25) is 0 Å². The van der Waals surface area contributed by atoms with Gasteiger partial charge in [0.05, 0.1) is 12.3 Å². The largest absolute Gasteiger partial charge is 0.378 e. The molecule has 1 aromatic heterocycles. The Morgan fingerprint density at radius 2 is 2.33 bits per heavy atom. The molecule has 0 aromatic carbocycles. The minimum absolute atomic E-state index is 0.622. The Hall–Kier alpha value is -0.450. The molecule has 3 nitrogen and oxygen atoms in total. The Kier molecular flexibility index (Phi) is 5.83. The smallest absolute Gasteiger partial charge is 0.119 e. The second-order valence-corrected chi connectivity index (χ2v) is 4.97. The van der Waals surface area contributed by atoms with E-state index in [0.717, 1.165) is 29.7 Å². The van der Waals surface area contributed by atoms with Crippen LogP contribution in [0.4, 0.5) is 0 Å². The summed E-state index contributed by atoms with van der Waals surface area (Å²) in [5.41, 5.74) is 1.12. The van der Waals surface area contributed by atoms with Crippen molar-refractivity contribution < 1.29 is 4.74 Å². The van der Waals surface area contributed by atoms with Crippen LogP contribution < -0.4 is 5.32 Å². The average Bonchev–Trinajstić information content (AvgIpc) is 2.61. The fourth-order valence-corrected chi connectivity index (χ4v) is 1.99. The first-order valence-corrected chi connectivity index (χ1v) is 6.23. The van der Waals surface area contributed by atoms with Crippen LogP contribution in [-0.2, 0) is 17.9 Å². The normalized spacial score (nSPS) is 11.2. The van der Waals surface area contributed by atoms with E-state index in [1.54, 1.807) is 18.4 Å². The fourth-order valence-electron chi connectivity index (χ4n) is 1.23. The number of hydrogen-bond donors (Lipinski definition) is 1. The van der Waals surface area contributed by atoms with E-state index in [4.69, 9.17) is 4.74 Å². The summed E-state index contributed by atoms with van der Waals surface area (Å²) in [5.74, 6) is 0.761. The molecule has 0 spiro atoms. The van der Waals surface area contributed by atoms with E-state index in [0.29, 0.717) is 6.61 Å². The summed E-state index contributed by atoms with van der Waals surface area (Å²) in [7, 11) is 1.70. The number of rotatable bonds is 7. The molecule has 0 atom stereocenters. The Morgan fingerprint density at radius 1 is 1.53 bits per heavy atom. The summed E-state index contributed by atoms with van der Waals surface area (Å²) >= 11 is 1.66. The highest BCUT2D eigenvalue weighted by Crippen LogP contribution is 2.10. The molecule has 1 rings (SSSR count). The molecular weight excluding hydrogens is 208 g/mol. The number of hydrogen-bond acceptors (Lipinski definition) is 4. The standard InChI is InChI=1S/C11H20N2OS/c1-9(2)4-5-12-6-10-8-15-11(13-10)7-14-3/h8-9,12H,4-7H2,1-3H3. The number of nitrogens with zero attached hydrogens (tertiary/aromatic N) is 1. The molecule has 0 saturated carbocycles. The molecule has 0 aliphatic rings. The Morgan fingerprint density at radius 3 is 3.00 bits per heavy atom. The van der Waals surface area contributed by atoms with Gasteiger partial charge in [-0.05, 0) is 18.9 Å². The average molecular weight is 228 g/mol. The van der Waals surface area contributed by atoms with Crippen LogP contribution in [0.3, 0.4) is 0 Å². The van der Waals surface area contributed by atoms with Gasteiger partial charge >= 0.3 is 0 Å². The maximum Gasteiger partial charge on any atom is 0.119 e. The van der Waals surface area contributed by atoms with Crippen LogP contribution in [0.5, 0.6) is 0 Å². The van der Waals surface area contributed by atoms with E-state index >= 15 is 0 Å². The van der Waals surface area contributed by atoms with Crippen molar-refractivity contribution in [3.63, 3.8) is 0 Å². The third kappa shape index (κ3) is 5.25. The summed E-state index contributed by atoms with van der Waals surface area (Å²) in [6.07, 6.45) is 1.22.